The van der Waals surface area contributed by atoms with E-state index in [1.165, 1.54) is 69.2 Å². The van der Waals surface area contributed by atoms with Crippen molar-refractivity contribution in [2.75, 3.05) is 6.61 Å². The van der Waals surface area contributed by atoms with Crippen molar-refractivity contribution in [2.45, 2.75) is 122 Å². The SMILES string of the molecule is CCCCCCCCCCOc1ccc(-c2ccc(C(=O)Oc3ccc(C(=O)OC(CCCCCCCC)C(F)(F)F)cc3)cc2)cc1. The lowest BCUT2D eigenvalue weighted by molar-refractivity contribution is -0.206. The zero-order valence-corrected chi connectivity index (χ0v) is 28.5. The first-order chi connectivity index (χ1) is 23.2. The van der Waals surface area contributed by atoms with Gasteiger partial charge in [-0.05, 0) is 78.9 Å². The van der Waals surface area contributed by atoms with Crippen LogP contribution in [0.3, 0.4) is 0 Å². The molecule has 0 saturated heterocycles. The average Bonchev–Trinajstić information content (AvgIpc) is 3.08. The van der Waals surface area contributed by atoms with Crippen LogP contribution in [-0.4, -0.2) is 30.8 Å². The molecule has 0 amide bonds. The second-order valence-corrected chi connectivity index (χ2v) is 12.3. The fourth-order valence-electron chi connectivity index (χ4n) is 5.39. The van der Waals surface area contributed by atoms with E-state index in [0.29, 0.717) is 25.0 Å². The van der Waals surface area contributed by atoms with Crippen molar-refractivity contribution < 1.29 is 37.0 Å². The van der Waals surface area contributed by atoms with Gasteiger partial charge in [0.1, 0.15) is 11.5 Å². The van der Waals surface area contributed by atoms with Crippen molar-refractivity contribution in [3.05, 3.63) is 83.9 Å². The number of rotatable bonds is 22. The van der Waals surface area contributed by atoms with Crippen LogP contribution in [-0.2, 0) is 4.74 Å². The largest absolute Gasteiger partial charge is 0.494 e. The van der Waals surface area contributed by atoms with Gasteiger partial charge in [0.05, 0.1) is 17.7 Å². The number of hydrogen-bond donors (Lipinski definition) is 0. The van der Waals surface area contributed by atoms with Crippen LogP contribution in [0.4, 0.5) is 13.2 Å². The minimum Gasteiger partial charge on any atom is -0.494 e. The van der Waals surface area contributed by atoms with Gasteiger partial charge in [0.15, 0.2) is 6.10 Å². The van der Waals surface area contributed by atoms with E-state index in [-0.39, 0.29) is 17.7 Å². The van der Waals surface area contributed by atoms with Gasteiger partial charge in [-0.3, -0.25) is 0 Å². The van der Waals surface area contributed by atoms with Gasteiger partial charge in [-0.2, -0.15) is 13.2 Å². The Morgan fingerprint density at radius 3 is 1.54 bits per heavy atom. The highest BCUT2D eigenvalue weighted by atomic mass is 19.4. The number of benzene rings is 3. The predicted molar refractivity (Wildman–Crippen MR) is 185 cm³/mol. The lowest BCUT2D eigenvalue weighted by atomic mass is 10.0. The summed E-state index contributed by atoms with van der Waals surface area (Å²) in [5, 5.41) is 0. The standard InChI is InChI=1S/C40H51F3O5/c1-3-5-7-9-11-12-14-16-30-46-35-26-22-32(23-27-35)31-18-20-33(21-19-31)38(44)47-36-28-24-34(25-29-36)39(45)48-37(40(41,42)43)17-15-13-10-8-6-4-2/h18-29,37H,3-17,30H2,1-2H3. The lowest BCUT2D eigenvalue weighted by Gasteiger charge is -2.20. The van der Waals surface area contributed by atoms with E-state index in [0.717, 1.165) is 49.0 Å². The molecule has 48 heavy (non-hydrogen) atoms. The molecule has 0 N–H and O–H groups in total. The van der Waals surface area contributed by atoms with Crippen molar-refractivity contribution in [1.82, 2.24) is 0 Å². The Morgan fingerprint density at radius 1 is 0.562 bits per heavy atom. The molecule has 1 atom stereocenters. The molecule has 0 spiro atoms. The molecule has 0 aromatic heterocycles. The first-order valence-electron chi connectivity index (χ1n) is 17.6. The summed E-state index contributed by atoms with van der Waals surface area (Å²) in [5.74, 6) is -0.685. The second kappa shape index (κ2) is 21.2. The highest BCUT2D eigenvalue weighted by Crippen LogP contribution is 2.29. The summed E-state index contributed by atoms with van der Waals surface area (Å²) in [6.07, 6.45) is 7.93. The molecule has 0 aliphatic rings. The Hall–Kier alpha value is -3.81. The van der Waals surface area contributed by atoms with E-state index < -0.39 is 24.2 Å². The van der Waals surface area contributed by atoms with Gasteiger partial charge in [-0.25, -0.2) is 9.59 Å². The van der Waals surface area contributed by atoms with Gasteiger partial charge >= 0.3 is 18.1 Å². The average molecular weight is 669 g/mol. The minimum atomic E-state index is -4.64. The van der Waals surface area contributed by atoms with Crippen molar-refractivity contribution in [3.63, 3.8) is 0 Å². The highest BCUT2D eigenvalue weighted by Gasteiger charge is 2.42. The Kier molecular flexibility index (Phi) is 17.1. The van der Waals surface area contributed by atoms with Gasteiger partial charge < -0.3 is 14.2 Å². The zero-order chi connectivity index (χ0) is 34.6. The van der Waals surface area contributed by atoms with E-state index in [2.05, 4.69) is 13.8 Å². The number of carbonyl (C=O) groups is 2. The minimum absolute atomic E-state index is 0.0547. The molecule has 0 aliphatic heterocycles. The molecule has 1 unspecified atom stereocenters. The third kappa shape index (κ3) is 14.1. The van der Waals surface area contributed by atoms with Crippen molar-refractivity contribution in [2.24, 2.45) is 0 Å². The van der Waals surface area contributed by atoms with Gasteiger partial charge in [0.2, 0.25) is 0 Å². The summed E-state index contributed by atoms with van der Waals surface area (Å²) < 4.78 is 56.6. The summed E-state index contributed by atoms with van der Waals surface area (Å²) in [6, 6.07) is 20.1. The number of alkyl halides is 3. The van der Waals surface area contributed by atoms with E-state index in [9.17, 15) is 22.8 Å². The number of ether oxygens (including phenoxy) is 3. The zero-order valence-electron chi connectivity index (χ0n) is 28.5. The molecule has 3 aromatic rings. The maximum Gasteiger partial charge on any atom is 0.425 e. The molecule has 262 valence electrons. The topological polar surface area (TPSA) is 61.8 Å². The summed E-state index contributed by atoms with van der Waals surface area (Å²) in [4.78, 5) is 25.2. The van der Waals surface area contributed by atoms with Crippen LogP contribution in [0.5, 0.6) is 11.5 Å². The summed E-state index contributed by atoms with van der Waals surface area (Å²) in [5.41, 5.74) is 2.19. The summed E-state index contributed by atoms with van der Waals surface area (Å²) in [6.45, 7) is 5.01. The maximum atomic E-state index is 13.5. The van der Waals surface area contributed by atoms with Crippen LogP contribution in [0.1, 0.15) is 131 Å². The van der Waals surface area contributed by atoms with E-state index >= 15 is 0 Å². The smallest absolute Gasteiger partial charge is 0.425 e. The van der Waals surface area contributed by atoms with Gasteiger partial charge in [-0.15, -0.1) is 0 Å². The monoisotopic (exact) mass is 668 g/mol. The molecule has 0 heterocycles. The van der Waals surface area contributed by atoms with Gasteiger partial charge in [0, 0.05) is 0 Å². The fraction of sp³-hybridized carbons (Fsp3) is 0.500. The molecule has 0 bridgehead atoms. The number of esters is 2. The van der Waals surface area contributed by atoms with Crippen molar-refractivity contribution in [1.29, 1.82) is 0 Å². The quantitative estimate of drug-likeness (QED) is 0.0606. The number of carbonyl (C=O) groups excluding carboxylic acids is 2. The predicted octanol–water partition coefficient (Wildman–Crippen LogP) is 11.9. The summed E-state index contributed by atoms with van der Waals surface area (Å²) in [7, 11) is 0. The maximum absolute atomic E-state index is 13.5. The molecular formula is C40H51F3O5. The molecule has 0 radical (unpaired) electrons. The van der Waals surface area contributed by atoms with E-state index in [1.807, 2.05) is 36.4 Å². The molecule has 3 rings (SSSR count). The third-order valence-electron chi connectivity index (χ3n) is 8.31. The van der Waals surface area contributed by atoms with Crippen LogP contribution < -0.4 is 9.47 Å². The molecule has 3 aromatic carbocycles. The molecule has 8 heteroatoms. The van der Waals surface area contributed by atoms with Crippen LogP contribution in [0.25, 0.3) is 11.1 Å². The van der Waals surface area contributed by atoms with E-state index in [4.69, 9.17) is 14.2 Å². The molecule has 5 nitrogen and oxygen atoms in total. The van der Waals surface area contributed by atoms with Crippen LogP contribution in [0, 0.1) is 0 Å². The van der Waals surface area contributed by atoms with Crippen molar-refractivity contribution in [3.8, 4) is 22.6 Å². The molecule has 0 saturated carbocycles. The molecule has 0 fully saturated rings. The lowest BCUT2D eigenvalue weighted by Crippen LogP contribution is -2.33. The second-order valence-electron chi connectivity index (χ2n) is 12.3. The van der Waals surface area contributed by atoms with Crippen LogP contribution in [0.15, 0.2) is 72.8 Å². The number of hydrogen-bond acceptors (Lipinski definition) is 5. The van der Waals surface area contributed by atoms with Crippen LogP contribution >= 0.6 is 0 Å². The number of halogens is 3. The Morgan fingerprint density at radius 2 is 1.00 bits per heavy atom. The highest BCUT2D eigenvalue weighted by molar-refractivity contribution is 5.92. The Bertz CT molecular complexity index is 1340. The number of unbranched alkanes of at least 4 members (excludes halogenated alkanes) is 12. The van der Waals surface area contributed by atoms with E-state index in [1.54, 1.807) is 12.1 Å². The Balaban J connectivity index is 1.44. The molecule has 0 aliphatic carbocycles. The van der Waals surface area contributed by atoms with Crippen molar-refractivity contribution >= 4 is 11.9 Å². The fourth-order valence-corrected chi connectivity index (χ4v) is 5.39. The Labute approximate surface area is 284 Å². The summed E-state index contributed by atoms with van der Waals surface area (Å²) >= 11 is 0. The van der Waals surface area contributed by atoms with Crippen LogP contribution in [0.2, 0.25) is 0 Å². The van der Waals surface area contributed by atoms with Gasteiger partial charge in [-0.1, -0.05) is 115 Å². The first kappa shape index (κ1) is 38.6. The molecular weight excluding hydrogens is 617 g/mol. The first-order valence-corrected chi connectivity index (χ1v) is 17.6. The normalized spacial score (nSPS) is 12.0. The van der Waals surface area contributed by atoms with Gasteiger partial charge in [0.25, 0.3) is 0 Å². The third-order valence-corrected chi connectivity index (χ3v) is 8.31.